The molecule has 0 spiro atoms. The summed E-state index contributed by atoms with van der Waals surface area (Å²) in [6.07, 6.45) is 0. The molecule has 6 nitrogen and oxygen atoms in total. The van der Waals surface area contributed by atoms with E-state index in [0.29, 0.717) is 27.1 Å². The Bertz CT molecular complexity index is 1060. The Balaban J connectivity index is 1.65. The highest BCUT2D eigenvalue weighted by Crippen LogP contribution is 2.31. The number of rotatable bonds is 4. The van der Waals surface area contributed by atoms with Gasteiger partial charge in [-0.3, -0.25) is 10.1 Å². The third-order valence-electron chi connectivity index (χ3n) is 3.64. The van der Waals surface area contributed by atoms with Crippen LogP contribution in [0.1, 0.15) is 20.9 Å². The lowest BCUT2D eigenvalue weighted by molar-refractivity contribution is 0.0696. The van der Waals surface area contributed by atoms with Crippen molar-refractivity contribution in [3.05, 3.63) is 76.0 Å². The third kappa shape index (κ3) is 4.69. The maximum Gasteiger partial charge on any atom is 0.335 e. The van der Waals surface area contributed by atoms with Gasteiger partial charge in [-0.05, 0) is 66.8 Å². The molecule has 0 aliphatic carbocycles. The van der Waals surface area contributed by atoms with Crippen LogP contribution >= 0.6 is 35.4 Å². The van der Waals surface area contributed by atoms with Gasteiger partial charge in [-0.1, -0.05) is 23.2 Å². The number of hydrogen-bond donors (Lipinski definition) is 3. The summed E-state index contributed by atoms with van der Waals surface area (Å²) in [5.74, 6) is -1.12. The molecule has 3 rings (SSSR count). The second-order valence-corrected chi connectivity index (χ2v) is 6.83. The summed E-state index contributed by atoms with van der Waals surface area (Å²) in [7, 11) is 0. The second-order valence-electron chi connectivity index (χ2n) is 5.58. The Kier molecular flexibility index (Phi) is 5.99. The standard InChI is InChI=1S/C19H12Cl2N2O4S/c20-11-3-6-13(14(21)9-11)15-7-8-16(27-15)17(24)23-19(28)22-12-4-1-10(2-5-12)18(25)26/h1-9H,(H,25,26)(H2,22,23,24,28). The summed E-state index contributed by atoms with van der Waals surface area (Å²) in [6.45, 7) is 0. The van der Waals surface area contributed by atoms with E-state index in [1.807, 2.05) is 0 Å². The fourth-order valence-electron chi connectivity index (χ4n) is 2.32. The highest BCUT2D eigenvalue weighted by atomic mass is 35.5. The molecular weight excluding hydrogens is 423 g/mol. The van der Waals surface area contributed by atoms with Crippen molar-refractivity contribution >= 4 is 58.1 Å². The van der Waals surface area contributed by atoms with Crippen LogP contribution in [0.2, 0.25) is 10.0 Å². The number of amides is 1. The normalized spacial score (nSPS) is 10.4. The molecule has 0 aliphatic heterocycles. The Hall–Kier alpha value is -2.87. The molecule has 0 bridgehead atoms. The predicted molar refractivity (Wildman–Crippen MR) is 111 cm³/mol. The fraction of sp³-hybridized carbons (Fsp3) is 0. The van der Waals surface area contributed by atoms with Gasteiger partial charge in [0.05, 0.1) is 10.6 Å². The van der Waals surface area contributed by atoms with Crippen molar-refractivity contribution in [1.29, 1.82) is 0 Å². The van der Waals surface area contributed by atoms with Gasteiger partial charge < -0.3 is 14.8 Å². The van der Waals surface area contributed by atoms with E-state index >= 15 is 0 Å². The molecule has 2 aromatic carbocycles. The number of aromatic carboxylic acids is 1. The average Bonchev–Trinajstić information content (AvgIpc) is 3.12. The predicted octanol–water partition coefficient (Wildman–Crippen LogP) is 5.08. The number of benzene rings is 2. The molecule has 0 unspecified atom stereocenters. The lowest BCUT2D eigenvalue weighted by Crippen LogP contribution is -2.33. The minimum absolute atomic E-state index is 0.0375. The molecule has 0 saturated carbocycles. The van der Waals surface area contributed by atoms with Crippen LogP contribution in [0.4, 0.5) is 5.69 Å². The van der Waals surface area contributed by atoms with Gasteiger partial charge in [-0.2, -0.15) is 0 Å². The fourth-order valence-corrected chi connectivity index (χ4v) is 3.03. The first-order valence-electron chi connectivity index (χ1n) is 7.84. The number of nitrogens with one attached hydrogen (secondary N) is 2. The van der Waals surface area contributed by atoms with Crippen molar-refractivity contribution in [3.63, 3.8) is 0 Å². The molecule has 0 aliphatic rings. The molecule has 28 heavy (non-hydrogen) atoms. The van der Waals surface area contributed by atoms with Gasteiger partial charge in [0.1, 0.15) is 5.76 Å². The zero-order valence-electron chi connectivity index (χ0n) is 14.0. The molecule has 9 heteroatoms. The third-order valence-corrected chi connectivity index (χ3v) is 4.40. The second kappa shape index (κ2) is 8.43. The summed E-state index contributed by atoms with van der Waals surface area (Å²) >= 11 is 17.1. The Morgan fingerprint density at radius 2 is 1.71 bits per heavy atom. The monoisotopic (exact) mass is 434 g/mol. The average molecular weight is 435 g/mol. The molecule has 0 radical (unpaired) electrons. The Morgan fingerprint density at radius 3 is 2.36 bits per heavy atom. The molecule has 3 aromatic rings. The summed E-state index contributed by atoms with van der Waals surface area (Å²) in [4.78, 5) is 23.2. The van der Waals surface area contributed by atoms with Crippen LogP contribution in [-0.4, -0.2) is 22.1 Å². The van der Waals surface area contributed by atoms with E-state index in [0.717, 1.165) is 0 Å². The lowest BCUT2D eigenvalue weighted by atomic mass is 10.2. The highest BCUT2D eigenvalue weighted by Gasteiger charge is 2.15. The minimum atomic E-state index is -1.03. The van der Waals surface area contributed by atoms with E-state index in [1.165, 1.54) is 30.3 Å². The molecule has 0 atom stereocenters. The quantitative estimate of drug-likeness (QED) is 0.496. The maximum absolute atomic E-state index is 12.3. The van der Waals surface area contributed by atoms with Crippen molar-refractivity contribution < 1.29 is 19.1 Å². The van der Waals surface area contributed by atoms with E-state index in [9.17, 15) is 9.59 Å². The van der Waals surface area contributed by atoms with E-state index in [2.05, 4.69) is 10.6 Å². The SMILES string of the molecule is O=C(O)c1ccc(NC(=S)NC(=O)c2ccc(-c3ccc(Cl)cc3Cl)o2)cc1. The van der Waals surface area contributed by atoms with Crippen molar-refractivity contribution in [2.45, 2.75) is 0 Å². The van der Waals surface area contributed by atoms with Crippen LogP contribution in [0.3, 0.4) is 0 Å². The molecule has 1 heterocycles. The van der Waals surface area contributed by atoms with E-state index in [1.54, 1.807) is 24.3 Å². The number of thiocarbonyl (C=S) groups is 1. The van der Waals surface area contributed by atoms with E-state index < -0.39 is 11.9 Å². The first-order chi connectivity index (χ1) is 13.3. The highest BCUT2D eigenvalue weighted by molar-refractivity contribution is 7.80. The number of carbonyl (C=O) groups is 2. The van der Waals surface area contributed by atoms with Crippen molar-refractivity contribution in [1.82, 2.24) is 5.32 Å². The summed E-state index contributed by atoms with van der Waals surface area (Å²) < 4.78 is 5.55. The number of furan rings is 1. The van der Waals surface area contributed by atoms with Gasteiger partial charge in [0.2, 0.25) is 0 Å². The van der Waals surface area contributed by atoms with Crippen LogP contribution in [0.15, 0.2) is 59.0 Å². The van der Waals surface area contributed by atoms with Crippen molar-refractivity contribution in [2.75, 3.05) is 5.32 Å². The number of hydrogen-bond acceptors (Lipinski definition) is 4. The molecule has 0 saturated heterocycles. The van der Waals surface area contributed by atoms with Crippen molar-refractivity contribution in [3.8, 4) is 11.3 Å². The zero-order valence-corrected chi connectivity index (χ0v) is 16.4. The van der Waals surface area contributed by atoms with Crippen LogP contribution in [0.25, 0.3) is 11.3 Å². The van der Waals surface area contributed by atoms with Gasteiger partial charge in [-0.15, -0.1) is 0 Å². The maximum atomic E-state index is 12.3. The Morgan fingerprint density at radius 1 is 1.00 bits per heavy atom. The van der Waals surface area contributed by atoms with Crippen LogP contribution in [0, 0.1) is 0 Å². The first-order valence-corrected chi connectivity index (χ1v) is 9.01. The lowest BCUT2D eigenvalue weighted by Gasteiger charge is -2.08. The molecular formula is C19H12Cl2N2O4S. The molecule has 3 N–H and O–H groups in total. The number of halogens is 2. The van der Waals surface area contributed by atoms with Crippen molar-refractivity contribution in [2.24, 2.45) is 0 Å². The summed E-state index contributed by atoms with van der Waals surface area (Å²) in [5.41, 5.74) is 1.28. The van der Waals surface area contributed by atoms with Gasteiger partial charge >= 0.3 is 5.97 Å². The molecule has 1 amide bonds. The van der Waals surface area contributed by atoms with Gasteiger partial charge in [0.25, 0.3) is 5.91 Å². The van der Waals surface area contributed by atoms with Gasteiger partial charge in [0, 0.05) is 16.3 Å². The van der Waals surface area contributed by atoms with Crippen LogP contribution in [0.5, 0.6) is 0 Å². The Labute approximate surface area is 175 Å². The van der Waals surface area contributed by atoms with Gasteiger partial charge in [0.15, 0.2) is 10.9 Å². The summed E-state index contributed by atoms with van der Waals surface area (Å²) in [6, 6.07) is 14.0. The molecule has 1 aromatic heterocycles. The number of carboxylic acid groups (broad SMARTS) is 1. The zero-order chi connectivity index (χ0) is 20.3. The van der Waals surface area contributed by atoms with E-state index in [4.69, 9.17) is 44.9 Å². The molecule has 0 fully saturated rings. The molecule has 142 valence electrons. The van der Waals surface area contributed by atoms with E-state index in [-0.39, 0.29) is 16.4 Å². The largest absolute Gasteiger partial charge is 0.478 e. The van der Waals surface area contributed by atoms with Crippen LogP contribution < -0.4 is 10.6 Å². The van der Waals surface area contributed by atoms with Crippen LogP contribution in [-0.2, 0) is 0 Å². The smallest absolute Gasteiger partial charge is 0.335 e. The first kappa shape index (κ1) is 19.9. The number of carboxylic acids is 1. The summed E-state index contributed by atoms with van der Waals surface area (Å²) in [5, 5.41) is 15.1. The minimum Gasteiger partial charge on any atom is -0.478 e. The number of carbonyl (C=O) groups excluding carboxylic acids is 1. The topological polar surface area (TPSA) is 91.6 Å². The van der Waals surface area contributed by atoms with Gasteiger partial charge in [-0.25, -0.2) is 4.79 Å². The number of anilines is 1.